The summed E-state index contributed by atoms with van der Waals surface area (Å²) in [6.07, 6.45) is 0. The van der Waals surface area contributed by atoms with Gasteiger partial charge in [0.1, 0.15) is 10.8 Å². The molecule has 0 unspecified atom stereocenters. The maximum absolute atomic E-state index is 12.7. The molecular formula is C25H25N5O3S2. The molecule has 1 saturated heterocycles. The van der Waals surface area contributed by atoms with Crippen LogP contribution in [0.1, 0.15) is 5.69 Å². The summed E-state index contributed by atoms with van der Waals surface area (Å²) in [7, 11) is 1.63. The van der Waals surface area contributed by atoms with E-state index in [4.69, 9.17) is 9.72 Å². The van der Waals surface area contributed by atoms with Gasteiger partial charge in [-0.3, -0.25) is 14.5 Å². The molecule has 0 saturated carbocycles. The molecule has 0 spiro atoms. The van der Waals surface area contributed by atoms with Crippen LogP contribution in [0.3, 0.4) is 0 Å². The first-order chi connectivity index (χ1) is 17.1. The molecule has 10 heteroatoms. The van der Waals surface area contributed by atoms with Crippen molar-refractivity contribution in [1.29, 1.82) is 0 Å². The number of piperazine rings is 1. The van der Waals surface area contributed by atoms with E-state index < -0.39 is 0 Å². The molecule has 3 heterocycles. The lowest BCUT2D eigenvalue weighted by Gasteiger charge is -2.34. The highest BCUT2D eigenvalue weighted by molar-refractivity contribution is 8.00. The van der Waals surface area contributed by atoms with Gasteiger partial charge in [-0.05, 0) is 36.4 Å². The number of rotatable bonds is 7. The Morgan fingerprint density at radius 2 is 1.80 bits per heavy atom. The Morgan fingerprint density at radius 1 is 1.06 bits per heavy atom. The molecule has 4 aromatic rings. The molecule has 1 amide bonds. The maximum atomic E-state index is 12.7. The minimum Gasteiger partial charge on any atom is -0.497 e. The van der Waals surface area contributed by atoms with Crippen LogP contribution < -0.4 is 10.3 Å². The number of fused-ring (bicyclic) bond motifs is 1. The van der Waals surface area contributed by atoms with Crippen molar-refractivity contribution in [3.8, 4) is 16.3 Å². The van der Waals surface area contributed by atoms with Crippen LogP contribution in [-0.2, 0) is 11.3 Å². The highest BCUT2D eigenvalue weighted by Crippen LogP contribution is 2.26. The number of thioether (sulfide) groups is 1. The van der Waals surface area contributed by atoms with Crippen LogP contribution >= 0.6 is 23.1 Å². The molecular weight excluding hydrogens is 482 g/mol. The number of amides is 1. The van der Waals surface area contributed by atoms with Gasteiger partial charge < -0.3 is 9.64 Å². The zero-order chi connectivity index (χ0) is 24.2. The van der Waals surface area contributed by atoms with Crippen molar-refractivity contribution >= 4 is 34.0 Å². The zero-order valence-corrected chi connectivity index (χ0v) is 20.9. The molecule has 0 bridgehead atoms. The maximum Gasteiger partial charge on any atom is 0.275 e. The lowest BCUT2D eigenvalue weighted by molar-refractivity contribution is -0.130. The topological polar surface area (TPSA) is 80.0 Å². The molecule has 0 radical (unpaired) electrons. The molecule has 0 atom stereocenters. The third-order valence-electron chi connectivity index (χ3n) is 5.85. The predicted molar refractivity (Wildman–Crippen MR) is 138 cm³/mol. The van der Waals surface area contributed by atoms with E-state index in [1.165, 1.54) is 15.9 Å². The second-order valence-corrected chi connectivity index (χ2v) is 10.2. The number of nitrogens with zero attached hydrogens (tertiary/aromatic N) is 5. The van der Waals surface area contributed by atoms with Crippen molar-refractivity contribution in [1.82, 2.24) is 24.4 Å². The molecule has 2 aromatic heterocycles. The van der Waals surface area contributed by atoms with E-state index >= 15 is 0 Å². The van der Waals surface area contributed by atoms with E-state index in [2.05, 4.69) is 10.00 Å². The summed E-state index contributed by atoms with van der Waals surface area (Å²) in [6, 6.07) is 19.1. The van der Waals surface area contributed by atoms with E-state index in [1.54, 1.807) is 24.9 Å². The van der Waals surface area contributed by atoms with Gasteiger partial charge in [0.15, 0.2) is 0 Å². The van der Waals surface area contributed by atoms with Crippen LogP contribution in [-0.4, -0.2) is 69.3 Å². The Bertz CT molecular complexity index is 1360. The van der Waals surface area contributed by atoms with Gasteiger partial charge in [-0.25, -0.2) is 4.98 Å². The van der Waals surface area contributed by atoms with E-state index in [0.717, 1.165) is 40.0 Å². The standard InChI is InChI=1S/C25H25N5O3S2/c1-33-20-9-7-18(8-10-20)24-27-30-22(31)15-19(26-25(30)35-24)16-28-11-13-29(14-12-28)23(32)17-34-21-5-3-2-4-6-21/h2-10,15H,11-14,16-17H2,1H3. The largest absolute Gasteiger partial charge is 0.497 e. The summed E-state index contributed by atoms with van der Waals surface area (Å²) in [5, 5.41) is 5.19. The lowest BCUT2D eigenvalue weighted by atomic mass is 10.2. The van der Waals surface area contributed by atoms with E-state index in [9.17, 15) is 9.59 Å². The van der Waals surface area contributed by atoms with Crippen molar-refractivity contribution < 1.29 is 9.53 Å². The van der Waals surface area contributed by atoms with Crippen LogP contribution in [0, 0.1) is 0 Å². The fourth-order valence-electron chi connectivity index (χ4n) is 3.93. The minimum atomic E-state index is -0.187. The van der Waals surface area contributed by atoms with E-state index in [1.807, 2.05) is 59.5 Å². The van der Waals surface area contributed by atoms with Crippen molar-refractivity contribution in [2.24, 2.45) is 0 Å². The molecule has 1 aliphatic rings. The van der Waals surface area contributed by atoms with Crippen LogP contribution in [0.4, 0.5) is 0 Å². The normalized spacial score (nSPS) is 14.4. The SMILES string of the molecule is COc1ccc(-c2nn3c(=O)cc(CN4CCN(C(=O)CSc5ccccc5)CC4)nc3s2)cc1. The van der Waals surface area contributed by atoms with Crippen molar-refractivity contribution in [3.63, 3.8) is 0 Å². The Kier molecular flexibility index (Phi) is 7.12. The number of hydrogen-bond acceptors (Lipinski definition) is 8. The van der Waals surface area contributed by atoms with E-state index in [0.29, 0.717) is 30.3 Å². The van der Waals surface area contributed by atoms with Gasteiger partial charge in [0, 0.05) is 49.2 Å². The number of ether oxygens (including phenoxy) is 1. The summed E-state index contributed by atoms with van der Waals surface area (Å²) in [5.41, 5.74) is 1.44. The third kappa shape index (κ3) is 5.55. The van der Waals surface area contributed by atoms with Gasteiger partial charge in [0.2, 0.25) is 10.9 Å². The number of carbonyl (C=O) groups is 1. The molecule has 8 nitrogen and oxygen atoms in total. The average Bonchev–Trinajstić information content (AvgIpc) is 3.33. The van der Waals surface area contributed by atoms with Crippen LogP contribution in [0.25, 0.3) is 15.5 Å². The number of methoxy groups -OCH3 is 1. The summed E-state index contributed by atoms with van der Waals surface area (Å²) in [6.45, 7) is 3.43. The molecule has 0 aliphatic carbocycles. The monoisotopic (exact) mass is 507 g/mol. The Morgan fingerprint density at radius 3 is 2.51 bits per heavy atom. The second kappa shape index (κ2) is 10.6. The molecule has 1 fully saturated rings. The van der Waals surface area contributed by atoms with Gasteiger partial charge >= 0.3 is 0 Å². The third-order valence-corrected chi connectivity index (χ3v) is 7.81. The fourth-order valence-corrected chi connectivity index (χ4v) is 5.68. The van der Waals surface area contributed by atoms with Crippen molar-refractivity contribution in [3.05, 3.63) is 76.7 Å². The molecule has 180 valence electrons. The first-order valence-electron chi connectivity index (χ1n) is 11.3. The van der Waals surface area contributed by atoms with Crippen LogP contribution in [0.15, 0.2) is 70.4 Å². The molecule has 2 aromatic carbocycles. The number of carbonyl (C=O) groups excluding carboxylic acids is 1. The second-order valence-electron chi connectivity index (χ2n) is 8.17. The van der Waals surface area contributed by atoms with Gasteiger partial charge in [-0.15, -0.1) is 11.8 Å². The number of aromatic nitrogens is 3. The van der Waals surface area contributed by atoms with Gasteiger partial charge in [-0.1, -0.05) is 29.5 Å². The van der Waals surface area contributed by atoms with Gasteiger partial charge in [0.25, 0.3) is 5.56 Å². The number of hydrogen-bond donors (Lipinski definition) is 0. The molecule has 1 aliphatic heterocycles. The fraction of sp³-hybridized carbons (Fsp3) is 0.280. The summed E-state index contributed by atoms with van der Waals surface area (Å²) in [4.78, 5) is 35.8. The van der Waals surface area contributed by atoms with E-state index in [-0.39, 0.29) is 11.5 Å². The highest BCUT2D eigenvalue weighted by atomic mass is 32.2. The zero-order valence-electron chi connectivity index (χ0n) is 19.3. The quantitative estimate of drug-likeness (QED) is 0.355. The Hall–Kier alpha value is -3.21. The number of benzene rings is 2. The first kappa shape index (κ1) is 23.5. The highest BCUT2D eigenvalue weighted by Gasteiger charge is 2.22. The Labute approximate surface area is 211 Å². The van der Waals surface area contributed by atoms with Gasteiger partial charge in [0.05, 0.1) is 18.6 Å². The summed E-state index contributed by atoms with van der Waals surface area (Å²) >= 11 is 2.96. The lowest BCUT2D eigenvalue weighted by Crippen LogP contribution is -2.49. The van der Waals surface area contributed by atoms with Crippen molar-refractivity contribution in [2.45, 2.75) is 11.4 Å². The van der Waals surface area contributed by atoms with Crippen LogP contribution in [0.5, 0.6) is 5.75 Å². The first-order valence-corrected chi connectivity index (χ1v) is 13.1. The molecule has 5 rings (SSSR count). The molecule has 0 N–H and O–H groups in total. The van der Waals surface area contributed by atoms with Gasteiger partial charge in [-0.2, -0.15) is 9.61 Å². The minimum absolute atomic E-state index is 0.159. The smallest absolute Gasteiger partial charge is 0.275 e. The molecule has 35 heavy (non-hydrogen) atoms. The van der Waals surface area contributed by atoms with Crippen LogP contribution in [0.2, 0.25) is 0 Å². The average molecular weight is 508 g/mol. The van der Waals surface area contributed by atoms with Crippen molar-refractivity contribution in [2.75, 3.05) is 39.0 Å². The Balaban J connectivity index is 1.20. The summed E-state index contributed by atoms with van der Waals surface area (Å²) in [5.74, 6) is 1.37. The summed E-state index contributed by atoms with van der Waals surface area (Å²) < 4.78 is 6.57. The predicted octanol–water partition coefficient (Wildman–Crippen LogP) is 3.26.